The first kappa shape index (κ1) is 20.8. The highest BCUT2D eigenvalue weighted by atomic mass is 16.5. The molecule has 6 heteroatoms. The summed E-state index contributed by atoms with van der Waals surface area (Å²) in [6.45, 7) is 4.30. The van der Waals surface area contributed by atoms with Crippen LogP contribution in [0.25, 0.3) is 0 Å². The first-order valence-electron chi connectivity index (χ1n) is 10.7. The number of ether oxygens (including phenoxy) is 2. The Morgan fingerprint density at radius 3 is 2.32 bits per heavy atom. The van der Waals surface area contributed by atoms with E-state index in [9.17, 15) is 4.79 Å². The summed E-state index contributed by atoms with van der Waals surface area (Å²) in [6, 6.07) is 6.68. The zero-order chi connectivity index (χ0) is 19.8. The molecule has 0 unspecified atom stereocenters. The van der Waals surface area contributed by atoms with Crippen molar-refractivity contribution in [3.63, 3.8) is 0 Å². The number of amides is 2. The summed E-state index contributed by atoms with van der Waals surface area (Å²) in [4.78, 5) is 17.1. The predicted molar refractivity (Wildman–Crippen MR) is 111 cm³/mol. The second kappa shape index (κ2) is 10.6. The predicted octanol–water partition coefficient (Wildman–Crippen LogP) is 3.30. The quantitative estimate of drug-likeness (QED) is 0.759. The molecule has 28 heavy (non-hydrogen) atoms. The minimum Gasteiger partial charge on any atom is -0.493 e. The van der Waals surface area contributed by atoms with Crippen LogP contribution in [0, 0.1) is 0 Å². The van der Waals surface area contributed by atoms with Crippen LogP contribution in [-0.4, -0.2) is 68.8 Å². The molecule has 156 valence electrons. The molecule has 1 aliphatic carbocycles. The molecular weight excluding hydrogens is 354 g/mol. The third-order valence-electron chi connectivity index (χ3n) is 6.08. The molecule has 1 aliphatic heterocycles. The van der Waals surface area contributed by atoms with E-state index in [4.69, 9.17) is 9.47 Å². The average Bonchev–Trinajstić information content (AvgIpc) is 3.03. The molecule has 2 amide bonds. The van der Waals surface area contributed by atoms with Crippen molar-refractivity contribution in [1.82, 2.24) is 15.1 Å². The summed E-state index contributed by atoms with van der Waals surface area (Å²) in [7, 11) is 3.27. The van der Waals surface area contributed by atoms with Crippen LogP contribution < -0.4 is 14.8 Å². The number of carbonyl (C=O) groups is 1. The van der Waals surface area contributed by atoms with Crippen molar-refractivity contribution in [3.05, 3.63) is 23.8 Å². The van der Waals surface area contributed by atoms with E-state index in [0.717, 1.165) is 55.7 Å². The van der Waals surface area contributed by atoms with Gasteiger partial charge in [0.2, 0.25) is 0 Å². The molecule has 2 fully saturated rings. The Balaban J connectivity index is 1.40. The van der Waals surface area contributed by atoms with Crippen LogP contribution in [0.4, 0.5) is 4.79 Å². The normalized spacial score (nSPS) is 19.1. The molecule has 0 aromatic heterocycles. The molecule has 2 aliphatic rings. The van der Waals surface area contributed by atoms with Crippen LogP contribution in [0.15, 0.2) is 18.2 Å². The van der Waals surface area contributed by atoms with Gasteiger partial charge in [-0.2, -0.15) is 0 Å². The summed E-state index contributed by atoms with van der Waals surface area (Å²) in [6.07, 6.45) is 8.93. The standard InChI is InChI=1S/C22H35N3O3/c1-27-20-10-9-18(17-21(20)28-2)11-12-23-22(26)25-15-13-24(14-16-25)19-7-5-3-4-6-8-19/h9-10,17,19H,3-8,11-16H2,1-2H3,(H,23,26). The highest BCUT2D eigenvalue weighted by molar-refractivity contribution is 5.74. The summed E-state index contributed by atoms with van der Waals surface area (Å²) >= 11 is 0. The molecule has 6 nitrogen and oxygen atoms in total. The maximum Gasteiger partial charge on any atom is 0.317 e. The van der Waals surface area contributed by atoms with E-state index < -0.39 is 0 Å². The summed E-state index contributed by atoms with van der Waals surface area (Å²) in [5.41, 5.74) is 1.12. The molecule has 1 heterocycles. The van der Waals surface area contributed by atoms with Gasteiger partial charge in [0.1, 0.15) is 0 Å². The smallest absolute Gasteiger partial charge is 0.317 e. The first-order valence-corrected chi connectivity index (χ1v) is 10.7. The Labute approximate surface area is 169 Å². The molecule has 1 aromatic carbocycles. The number of carbonyl (C=O) groups excluding carboxylic acids is 1. The molecule has 3 rings (SSSR count). The molecular formula is C22H35N3O3. The number of nitrogens with zero attached hydrogens (tertiary/aromatic N) is 2. The van der Waals surface area contributed by atoms with Crippen molar-refractivity contribution in [2.24, 2.45) is 0 Å². The van der Waals surface area contributed by atoms with Crippen LogP contribution in [-0.2, 0) is 6.42 Å². The van der Waals surface area contributed by atoms with Gasteiger partial charge in [-0.05, 0) is 37.0 Å². The van der Waals surface area contributed by atoms with E-state index in [0.29, 0.717) is 6.54 Å². The average molecular weight is 390 g/mol. The van der Waals surface area contributed by atoms with E-state index in [1.807, 2.05) is 23.1 Å². The number of benzene rings is 1. The van der Waals surface area contributed by atoms with Crippen LogP contribution in [0.1, 0.15) is 44.1 Å². The van der Waals surface area contributed by atoms with E-state index in [2.05, 4.69) is 10.2 Å². The van der Waals surface area contributed by atoms with Gasteiger partial charge >= 0.3 is 6.03 Å². The Kier molecular flexibility index (Phi) is 7.83. The van der Waals surface area contributed by atoms with Crippen molar-refractivity contribution in [1.29, 1.82) is 0 Å². The van der Waals surface area contributed by atoms with Gasteiger partial charge < -0.3 is 19.7 Å². The number of rotatable bonds is 6. The van der Waals surface area contributed by atoms with Gasteiger partial charge in [0.15, 0.2) is 11.5 Å². The minimum atomic E-state index is 0.0565. The number of piperazine rings is 1. The Bertz CT molecular complexity index is 621. The maximum atomic E-state index is 12.5. The molecule has 1 aromatic rings. The molecule has 1 saturated carbocycles. The fraction of sp³-hybridized carbons (Fsp3) is 0.682. The number of hydrogen-bond acceptors (Lipinski definition) is 4. The van der Waals surface area contributed by atoms with Gasteiger partial charge in [-0.3, -0.25) is 4.90 Å². The summed E-state index contributed by atoms with van der Waals surface area (Å²) in [5.74, 6) is 1.45. The number of urea groups is 1. The molecule has 0 radical (unpaired) electrons. The van der Waals surface area contributed by atoms with E-state index in [1.165, 1.54) is 38.5 Å². The van der Waals surface area contributed by atoms with Crippen LogP contribution >= 0.6 is 0 Å². The fourth-order valence-electron chi connectivity index (χ4n) is 4.37. The summed E-state index contributed by atoms with van der Waals surface area (Å²) < 4.78 is 10.6. The lowest BCUT2D eigenvalue weighted by Crippen LogP contribution is -2.54. The lowest BCUT2D eigenvalue weighted by Gasteiger charge is -2.39. The topological polar surface area (TPSA) is 54.0 Å². The minimum absolute atomic E-state index is 0.0565. The lowest BCUT2D eigenvalue weighted by atomic mass is 10.1. The van der Waals surface area contributed by atoms with E-state index in [-0.39, 0.29) is 6.03 Å². The molecule has 0 spiro atoms. The lowest BCUT2D eigenvalue weighted by molar-refractivity contribution is 0.101. The largest absolute Gasteiger partial charge is 0.493 e. The third kappa shape index (κ3) is 5.53. The molecule has 0 bridgehead atoms. The summed E-state index contributed by atoms with van der Waals surface area (Å²) in [5, 5.41) is 3.07. The second-order valence-electron chi connectivity index (χ2n) is 7.84. The Morgan fingerprint density at radius 1 is 1.00 bits per heavy atom. The van der Waals surface area contributed by atoms with Gasteiger partial charge in [-0.25, -0.2) is 4.79 Å². The highest BCUT2D eigenvalue weighted by Crippen LogP contribution is 2.27. The Hall–Kier alpha value is -1.95. The first-order chi connectivity index (χ1) is 13.7. The zero-order valence-corrected chi connectivity index (χ0v) is 17.4. The highest BCUT2D eigenvalue weighted by Gasteiger charge is 2.26. The van der Waals surface area contributed by atoms with Gasteiger partial charge in [0.25, 0.3) is 0 Å². The third-order valence-corrected chi connectivity index (χ3v) is 6.08. The monoisotopic (exact) mass is 389 g/mol. The van der Waals surface area contributed by atoms with Crippen LogP contribution in [0.2, 0.25) is 0 Å². The van der Waals surface area contributed by atoms with Gasteiger partial charge in [-0.15, -0.1) is 0 Å². The van der Waals surface area contributed by atoms with Gasteiger partial charge in [0, 0.05) is 38.8 Å². The fourth-order valence-corrected chi connectivity index (χ4v) is 4.37. The number of nitrogens with one attached hydrogen (secondary N) is 1. The van der Waals surface area contributed by atoms with Crippen LogP contribution in [0.3, 0.4) is 0 Å². The van der Waals surface area contributed by atoms with Crippen molar-refractivity contribution >= 4 is 6.03 Å². The van der Waals surface area contributed by atoms with Crippen molar-refractivity contribution in [2.75, 3.05) is 46.9 Å². The van der Waals surface area contributed by atoms with Crippen molar-refractivity contribution in [2.45, 2.75) is 51.0 Å². The van der Waals surface area contributed by atoms with Gasteiger partial charge in [-0.1, -0.05) is 31.7 Å². The number of hydrogen-bond donors (Lipinski definition) is 1. The van der Waals surface area contributed by atoms with Crippen molar-refractivity contribution < 1.29 is 14.3 Å². The number of methoxy groups -OCH3 is 2. The molecule has 0 atom stereocenters. The zero-order valence-electron chi connectivity index (χ0n) is 17.4. The van der Waals surface area contributed by atoms with E-state index >= 15 is 0 Å². The molecule has 1 saturated heterocycles. The maximum absolute atomic E-state index is 12.5. The van der Waals surface area contributed by atoms with Gasteiger partial charge in [0.05, 0.1) is 14.2 Å². The molecule has 1 N–H and O–H groups in total. The SMILES string of the molecule is COc1ccc(CCNC(=O)N2CCN(C3CCCCCC3)CC2)cc1OC. The van der Waals surface area contributed by atoms with Crippen LogP contribution in [0.5, 0.6) is 11.5 Å². The van der Waals surface area contributed by atoms with E-state index in [1.54, 1.807) is 14.2 Å². The van der Waals surface area contributed by atoms with Crippen molar-refractivity contribution in [3.8, 4) is 11.5 Å². The Morgan fingerprint density at radius 2 is 1.68 bits per heavy atom. The second-order valence-corrected chi connectivity index (χ2v) is 7.84.